The lowest BCUT2D eigenvalue weighted by Crippen LogP contribution is -2.16. The molecule has 0 saturated carbocycles. The van der Waals surface area contributed by atoms with E-state index < -0.39 is 28.5 Å². The zero-order valence-electron chi connectivity index (χ0n) is 11.1. The number of carbonyl (C=O) groups excluding carboxylic acids is 1. The predicted octanol–water partition coefficient (Wildman–Crippen LogP) is 4.45. The van der Waals surface area contributed by atoms with Crippen LogP contribution in [0.5, 0.6) is 0 Å². The summed E-state index contributed by atoms with van der Waals surface area (Å²) in [4.78, 5) is 15.4. The number of nitrogens with zero attached hydrogens (tertiary/aromatic N) is 1. The van der Waals surface area contributed by atoms with Crippen molar-refractivity contribution < 1.29 is 22.4 Å². The lowest BCUT2D eigenvalue weighted by atomic mass is 10.1. The number of hydrogen-bond acceptors (Lipinski definition) is 2. The van der Waals surface area contributed by atoms with E-state index in [1.54, 1.807) is 0 Å². The Kier molecular flexibility index (Phi) is 4.37. The summed E-state index contributed by atoms with van der Waals surface area (Å²) in [5.74, 6) is -1.75. The van der Waals surface area contributed by atoms with Crippen LogP contribution in [0.4, 0.5) is 23.2 Å². The van der Waals surface area contributed by atoms with Gasteiger partial charge in [0.25, 0.3) is 5.91 Å². The molecule has 22 heavy (non-hydrogen) atoms. The third kappa shape index (κ3) is 3.36. The lowest BCUT2D eigenvalue weighted by molar-refractivity contribution is -0.137. The van der Waals surface area contributed by atoms with Crippen molar-refractivity contribution >= 4 is 23.2 Å². The van der Waals surface area contributed by atoms with E-state index >= 15 is 0 Å². The van der Waals surface area contributed by atoms with E-state index in [4.69, 9.17) is 11.6 Å². The van der Waals surface area contributed by atoms with Crippen LogP contribution in [0.1, 0.15) is 21.5 Å². The summed E-state index contributed by atoms with van der Waals surface area (Å²) in [6.45, 7) is 1.48. The third-order valence-electron chi connectivity index (χ3n) is 2.88. The molecule has 0 fully saturated rings. The number of nitrogens with one attached hydrogen (secondary N) is 1. The highest BCUT2D eigenvalue weighted by molar-refractivity contribution is 6.31. The summed E-state index contributed by atoms with van der Waals surface area (Å²) in [5, 5.41) is 1.77. The Bertz CT molecular complexity index is 731. The molecule has 3 nitrogen and oxygen atoms in total. The number of anilines is 1. The molecule has 2 aromatic rings. The van der Waals surface area contributed by atoms with Gasteiger partial charge in [0.15, 0.2) is 5.82 Å². The van der Waals surface area contributed by atoms with E-state index in [1.807, 2.05) is 0 Å². The maximum atomic E-state index is 13.5. The zero-order chi connectivity index (χ0) is 16.5. The van der Waals surface area contributed by atoms with E-state index in [1.165, 1.54) is 13.1 Å². The molecule has 0 aliphatic heterocycles. The van der Waals surface area contributed by atoms with E-state index in [9.17, 15) is 22.4 Å². The van der Waals surface area contributed by atoms with Crippen LogP contribution in [0, 0.1) is 12.7 Å². The van der Waals surface area contributed by atoms with Crippen LogP contribution in [0.2, 0.25) is 5.02 Å². The van der Waals surface area contributed by atoms with Gasteiger partial charge in [-0.25, -0.2) is 4.39 Å². The first-order valence-electron chi connectivity index (χ1n) is 5.98. The molecule has 0 bridgehead atoms. The molecular formula is C14H9ClF4N2O. The highest BCUT2D eigenvalue weighted by atomic mass is 35.5. The van der Waals surface area contributed by atoms with Gasteiger partial charge in [-0.05, 0) is 30.7 Å². The predicted molar refractivity (Wildman–Crippen MR) is 73.3 cm³/mol. The van der Waals surface area contributed by atoms with Crippen LogP contribution in [0.3, 0.4) is 0 Å². The lowest BCUT2D eigenvalue weighted by Gasteiger charge is -2.14. The van der Waals surface area contributed by atoms with Gasteiger partial charge in [-0.15, -0.1) is 0 Å². The number of aromatic nitrogens is 1. The highest BCUT2D eigenvalue weighted by Gasteiger charge is 2.34. The Morgan fingerprint density at radius 2 is 2.00 bits per heavy atom. The zero-order valence-corrected chi connectivity index (χ0v) is 11.9. The summed E-state index contributed by atoms with van der Waals surface area (Å²) >= 11 is 5.56. The smallest absolute Gasteiger partial charge is 0.322 e. The van der Waals surface area contributed by atoms with Gasteiger partial charge >= 0.3 is 6.18 Å². The minimum atomic E-state index is -4.66. The maximum Gasteiger partial charge on any atom is 0.417 e. The van der Waals surface area contributed by atoms with Crippen LogP contribution in [0.25, 0.3) is 0 Å². The van der Waals surface area contributed by atoms with Crippen molar-refractivity contribution in [3.05, 3.63) is 58.1 Å². The maximum absolute atomic E-state index is 13.5. The molecular weight excluding hydrogens is 324 g/mol. The van der Waals surface area contributed by atoms with E-state index in [0.717, 1.165) is 18.3 Å². The Morgan fingerprint density at radius 3 is 2.59 bits per heavy atom. The Balaban J connectivity index is 2.38. The quantitative estimate of drug-likeness (QED) is 0.825. The second kappa shape index (κ2) is 5.92. The van der Waals surface area contributed by atoms with Crippen molar-refractivity contribution in [3.63, 3.8) is 0 Å². The van der Waals surface area contributed by atoms with Crippen LogP contribution >= 0.6 is 11.6 Å². The number of alkyl halides is 3. The number of amides is 1. The van der Waals surface area contributed by atoms with Crippen molar-refractivity contribution in [1.29, 1.82) is 0 Å². The molecule has 0 atom stereocenters. The average Bonchev–Trinajstić information content (AvgIpc) is 2.40. The number of halogens is 5. The molecule has 0 radical (unpaired) electrons. The summed E-state index contributed by atoms with van der Waals surface area (Å²) < 4.78 is 51.9. The molecule has 0 saturated heterocycles. The molecule has 0 spiro atoms. The molecule has 0 aliphatic rings. The minimum absolute atomic E-state index is 0.0991. The molecule has 116 valence electrons. The van der Waals surface area contributed by atoms with Crippen molar-refractivity contribution in [2.75, 3.05) is 5.32 Å². The fourth-order valence-corrected chi connectivity index (χ4v) is 2.10. The monoisotopic (exact) mass is 332 g/mol. The number of pyridine rings is 1. The fraction of sp³-hybridized carbons (Fsp3) is 0.143. The molecule has 1 heterocycles. The first-order chi connectivity index (χ1) is 10.2. The molecule has 0 unspecified atom stereocenters. The molecule has 1 aromatic heterocycles. The van der Waals surface area contributed by atoms with Gasteiger partial charge in [0.05, 0.1) is 22.3 Å². The summed E-state index contributed by atoms with van der Waals surface area (Å²) in [6, 6.07) is 2.93. The van der Waals surface area contributed by atoms with Crippen molar-refractivity contribution in [2.24, 2.45) is 0 Å². The largest absolute Gasteiger partial charge is 0.417 e. The Labute approximate surface area is 127 Å². The second-order valence-electron chi connectivity index (χ2n) is 4.45. The van der Waals surface area contributed by atoms with Gasteiger partial charge in [0, 0.05) is 11.9 Å². The van der Waals surface area contributed by atoms with E-state index in [2.05, 4.69) is 10.3 Å². The van der Waals surface area contributed by atoms with Crippen LogP contribution < -0.4 is 5.32 Å². The van der Waals surface area contributed by atoms with Gasteiger partial charge in [0.1, 0.15) is 0 Å². The number of rotatable bonds is 2. The van der Waals surface area contributed by atoms with Gasteiger partial charge in [-0.2, -0.15) is 13.2 Å². The standard InChI is InChI=1S/C14H9ClF4N2O/c1-7-4-10(15)9(14(17,18)19)5-12(7)21-13(22)8-2-3-20-6-11(8)16/h2-6H,1H3,(H,21,22). The molecule has 1 amide bonds. The van der Waals surface area contributed by atoms with E-state index in [-0.39, 0.29) is 11.3 Å². The minimum Gasteiger partial charge on any atom is -0.322 e. The third-order valence-corrected chi connectivity index (χ3v) is 3.20. The van der Waals surface area contributed by atoms with Gasteiger partial charge in [-0.1, -0.05) is 11.6 Å². The fourth-order valence-electron chi connectivity index (χ4n) is 1.77. The van der Waals surface area contributed by atoms with Crippen molar-refractivity contribution in [3.8, 4) is 0 Å². The first kappa shape index (κ1) is 16.2. The molecule has 0 aliphatic carbocycles. The Hall–Kier alpha value is -2.15. The average molecular weight is 333 g/mol. The molecule has 1 N–H and O–H groups in total. The number of aryl methyl sites for hydroxylation is 1. The number of benzene rings is 1. The van der Waals surface area contributed by atoms with Crippen molar-refractivity contribution in [2.45, 2.75) is 13.1 Å². The number of carbonyl (C=O) groups is 1. The van der Waals surface area contributed by atoms with Crippen LogP contribution in [-0.2, 0) is 6.18 Å². The van der Waals surface area contributed by atoms with E-state index in [0.29, 0.717) is 11.6 Å². The summed E-state index contributed by atoms with van der Waals surface area (Å²) in [6.07, 6.45) is -2.62. The van der Waals surface area contributed by atoms with Gasteiger partial charge in [-0.3, -0.25) is 9.78 Å². The molecule has 2 rings (SSSR count). The first-order valence-corrected chi connectivity index (χ1v) is 6.36. The highest BCUT2D eigenvalue weighted by Crippen LogP contribution is 2.37. The van der Waals surface area contributed by atoms with Crippen LogP contribution in [0.15, 0.2) is 30.6 Å². The topological polar surface area (TPSA) is 42.0 Å². The molecule has 8 heteroatoms. The van der Waals surface area contributed by atoms with Gasteiger partial charge in [0.2, 0.25) is 0 Å². The SMILES string of the molecule is Cc1cc(Cl)c(C(F)(F)F)cc1NC(=O)c1ccncc1F. The molecule has 1 aromatic carbocycles. The summed E-state index contributed by atoms with van der Waals surface area (Å²) in [5.41, 5.74) is -1.18. The normalized spacial score (nSPS) is 11.4. The van der Waals surface area contributed by atoms with Crippen LogP contribution in [-0.4, -0.2) is 10.9 Å². The summed E-state index contributed by atoms with van der Waals surface area (Å²) in [7, 11) is 0. The Morgan fingerprint density at radius 1 is 1.32 bits per heavy atom. The number of hydrogen-bond donors (Lipinski definition) is 1. The van der Waals surface area contributed by atoms with Crippen molar-refractivity contribution in [1.82, 2.24) is 4.98 Å². The van der Waals surface area contributed by atoms with Gasteiger partial charge < -0.3 is 5.32 Å². The second-order valence-corrected chi connectivity index (χ2v) is 4.86.